The third-order valence-corrected chi connectivity index (χ3v) is 4.72. The molecule has 0 radical (unpaired) electrons. The zero-order valence-electron chi connectivity index (χ0n) is 15.4. The van der Waals surface area contributed by atoms with Crippen molar-refractivity contribution < 1.29 is 10.2 Å². The highest BCUT2D eigenvalue weighted by Gasteiger charge is 2.24. The summed E-state index contributed by atoms with van der Waals surface area (Å²) in [6.45, 7) is 6.42. The van der Waals surface area contributed by atoms with Gasteiger partial charge in [0, 0.05) is 0 Å². The minimum absolute atomic E-state index is 0.346. The van der Waals surface area contributed by atoms with Crippen LogP contribution in [0.1, 0.15) is 95.8 Å². The lowest BCUT2D eigenvalue weighted by Gasteiger charge is -2.28. The number of benzene rings is 1. The Morgan fingerprint density at radius 2 is 1.70 bits per heavy atom. The monoisotopic (exact) mass is 320 g/mol. The molecule has 2 unspecified atom stereocenters. The topological polar surface area (TPSA) is 40.5 Å². The van der Waals surface area contributed by atoms with Crippen molar-refractivity contribution in [3.63, 3.8) is 0 Å². The second kappa shape index (κ2) is 10.8. The van der Waals surface area contributed by atoms with E-state index in [-0.39, 0.29) is 6.10 Å². The smallest absolute Gasteiger partial charge is 0.0790 e. The Labute approximate surface area is 142 Å². The number of aliphatic hydroxyl groups is 2. The first-order valence-electron chi connectivity index (χ1n) is 9.54. The molecular weight excluding hydrogens is 284 g/mol. The number of aryl methyl sites for hydroxylation is 1. The van der Waals surface area contributed by atoms with Crippen molar-refractivity contribution >= 4 is 0 Å². The van der Waals surface area contributed by atoms with Crippen LogP contribution in [0, 0.1) is 0 Å². The molecule has 0 saturated heterocycles. The molecule has 0 aliphatic carbocycles. The summed E-state index contributed by atoms with van der Waals surface area (Å²) < 4.78 is 0. The molecule has 0 heterocycles. The van der Waals surface area contributed by atoms with Gasteiger partial charge in [-0.2, -0.15) is 0 Å². The van der Waals surface area contributed by atoms with Gasteiger partial charge in [0.15, 0.2) is 0 Å². The van der Waals surface area contributed by atoms with E-state index < -0.39 is 5.60 Å². The SMILES string of the molecule is CCCCC(O)(CCC)CCCc1cccc(C(O)CCC)c1. The van der Waals surface area contributed by atoms with Crippen LogP contribution in [-0.4, -0.2) is 15.8 Å². The van der Waals surface area contributed by atoms with Crippen LogP contribution >= 0.6 is 0 Å². The van der Waals surface area contributed by atoms with E-state index in [9.17, 15) is 10.2 Å². The van der Waals surface area contributed by atoms with Crippen LogP contribution < -0.4 is 0 Å². The van der Waals surface area contributed by atoms with Crippen molar-refractivity contribution in [1.82, 2.24) is 0 Å². The maximum atomic E-state index is 10.8. The molecule has 0 spiro atoms. The Kier molecular flexibility index (Phi) is 9.50. The number of hydrogen-bond donors (Lipinski definition) is 2. The predicted molar refractivity (Wildman–Crippen MR) is 98.6 cm³/mol. The summed E-state index contributed by atoms with van der Waals surface area (Å²) >= 11 is 0. The first kappa shape index (κ1) is 20.2. The number of hydrogen-bond acceptors (Lipinski definition) is 2. The number of aliphatic hydroxyl groups excluding tert-OH is 1. The summed E-state index contributed by atoms with van der Waals surface area (Å²) in [5.74, 6) is 0. The van der Waals surface area contributed by atoms with Crippen molar-refractivity contribution in [2.75, 3.05) is 0 Å². The van der Waals surface area contributed by atoms with E-state index in [1.807, 2.05) is 12.1 Å². The van der Waals surface area contributed by atoms with Crippen LogP contribution in [0.4, 0.5) is 0 Å². The molecule has 132 valence electrons. The molecule has 0 aromatic heterocycles. The predicted octanol–water partition coefficient (Wildman–Crippen LogP) is 5.56. The van der Waals surface area contributed by atoms with Gasteiger partial charge in [-0.15, -0.1) is 0 Å². The van der Waals surface area contributed by atoms with Crippen LogP contribution in [0.25, 0.3) is 0 Å². The maximum Gasteiger partial charge on any atom is 0.0790 e. The van der Waals surface area contributed by atoms with Crippen molar-refractivity contribution in [1.29, 1.82) is 0 Å². The zero-order chi connectivity index (χ0) is 17.1. The summed E-state index contributed by atoms with van der Waals surface area (Å²) in [6.07, 6.45) is 9.44. The average Bonchev–Trinajstić information content (AvgIpc) is 2.54. The molecule has 1 aromatic rings. The largest absolute Gasteiger partial charge is 0.390 e. The fourth-order valence-corrected chi connectivity index (χ4v) is 3.36. The van der Waals surface area contributed by atoms with Gasteiger partial charge in [0.1, 0.15) is 0 Å². The van der Waals surface area contributed by atoms with Crippen LogP contribution in [0.5, 0.6) is 0 Å². The fourth-order valence-electron chi connectivity index (χ4n) is 3.36. The lowest BCUT2D eigenvalue weighted by molar-refractivity contribution is 0.00986. The Bertz CT molecular complexity index is 430. The summed E-state index contributed by atoms with van der Waals surface area (Å²) in [7, 11) is 0. The quantitative estimate of drug-likeness (QED) is 0.529. The normalized spacial score (nSPS) is 15.3. The van der Waals surface area contributed by atoms with Crippen molar-refractivity contribution in [3.8, 4) is 0 Å². The molecule has 0 bridgehead atoms. The molecule has 0 amide bonds. The van der Waals surface area contributed by atoms with Crippen molar-refractivity contribution in [2.45, 2.75) is 96.7 Å². The Morgan fingerprint density at radius 1 is 0.957 bits per heavy atom. The molecule has 1 rings (SSSR count). The highest BCUT2D eigenvalue weighted by atomic mass is 16.3. The molecule has 1 aromatic carbocycles. The van der Waals surface area contributed by atoms with Gasteiger partial charge in [-0.05, 0) is 49.7 Å². The van der Waals surface area contributed by atoms with Gasteiger partial charge in [0.2, 0.25) is 0 Å². The van der Waals surface area contributed by atoms with Gasteiger partial charge in [-0.1, -0.05) is 70.7 Å². The summed E-state index contributed by atoms with van der Waals surface area (Å²) in [4.78, 5) is 0. The van der Waals surface area contributed by atoms with Gasteiger partial charge in [-0.3, -0.25) is 0 Å². The van der Waals surface area contributed by atoms with Crippen LogP contribution in [0.15, 0.2) is 24.3 Å². The van der Waals surface area contributed by atoms with Crippen LogP contribution in [-0.2, 0) is 6.42 Å². The molecular formula is C21H36O2. The molecule has 0 fully saturated rings. The van der Waals surface area contributed by atoms with Crippen molar-refractivity contribution in [3.05, 3.63) is 35.4 Å². The van der Waals surface area contributed by atoms with E-state index in [0.29, 0.717) is 0 Å². The summed E-state index contributed by atoms with van der Waals surface area (Å²) in [5.41, 5.74) is 1.82. The third kappa shape index (κ3) is 7.50. The Morgan fingerprint density at radius 3 is 2.35 bits per heavy atom. The molecule has 2 N–H and O–H groups in total. The molecule has 2 nitrogen and oxygen atoms in total. The molecule has 2 atom stereocenters. The van der Waals surface area contributed by atoms with Gasteiger partial charge >= 0.3 is 0 Å². The molecule has 0 saturated carbocycles. The third-order valence-electron chi connectivity index (χ3n) is 4.72. The van der Waals surface area contributed by atoms with Crippen LogP contribution in [0.2, 0.25) is 0 Å². The van der Waals surface area contributed by atoms with Crippen LogP contribution in [0.3, 0.4) is 0 Å². The minimum Gasteiger partial charge on any atom is -0.390 e. The molecule has 0 aliphatic rings. The fraction of sp³-hybridized carbons (Fsp3) is 0.714. The standard InChI is InChI=1S/C21H36O2/c1-4-7-15-21(23,14-6-3)16-9-12-18-11-8-13-19(17-18)20(22)10-5-2/h8,11,13,17,20,22-23H,4-7,9-10,12,14-16H2,1-3H3. The second-order valence-electron chi connectivity index (χ2n) is 6.98. The van der Waals surface area contributed by atoms with E-state index in [1.165, 1.54) is 5.56 Å². The molecule has 23 heavy (non-hydrogen) atoms. The zero-order valence-corrected chi connectivity index (χ0v) is 15.4. The Hall–Kier alpha value is -0.860. The minimum atomic E-state index is -0.482. The molecule has 0 aliphatic heterocycles. The highest BCUT2D eigenvalue weighted by molar-refractivity contribution is 5.25. The van der Waals surface area contributed by atoms with E-state index in [2.05, 4.69) is 32.9 Å². The lowest BCUT2D eigenvalue weighted by atomic mass is 9.86. The first-order chi connectivity index (χ1) is 11.0. The summed E-state index contributed by atoms with van der Waals surface area (Å²) in [5, 5.41) is 20.9. The average molecular weight is 321 g/mol. The second-order valence-corrected chi connectivity index (χ2v) is 6.98. The highest BCUT2D eigenvalue weighted by Crippen LogP contribution is 2.27. The van der Waals surface area contributed by atoms with E-state index in [0.717, 1.165) is 69.8 Å². The van der Waals surface area contributed by atoms with E-state index >= 15 is 0 Å². The van der Waals surface area contributed by atoms with E-state index in [1.54, 1.807) is 0 Å². The molecule has 2 heteroatoms. The maximum absolute atomic E-state index is 10.8. The van der Waals surface area contributed by atoms with Crippen molar-refractivity contribution in [2.24, 2.45) is 0 Å². The number of unbranched alkanes of at least 4 members (excludes halogenated alkanes) is 1. The van der Waals surface area contributed by atoms with Gasteiger partial charge < -0.3 is 10.2 Å². The first-order valence-corrected chi connectivity index (χ1v) is 9.54. The van der Waals surface area contributed by atoms with Gasteiger partial charge in [0.25, 0.3) is 0 Å². The summed E-state index contributed by atoms with van der Waals surface area (Å²) in [6, 6.07) is 8.32. The Balaban J connectivity index is 2.54. The number of rotatable bonds is 12. The lowest BCUT2D eigenvalue weighted by Crippen LogP contribution is -2.28. The van der Waals surface area contributed by atoms with Gasteiger partial charge in [0.05, 0.1) is 11.7 Å². The van der Waals surface area contributed by atoms with Gasteiger partial charge in [-0.25, -0.2) is 0 Å². The van der Waals surface area contributed by atoms with E-state index in [4.69, 9.17) is 0 Å².